The van der Waals surface area contributed by atoms with Gasteiger partial charge in [-0.05, 0) is 20.8 Å². The lowest BCUT2D eigenvalue weighted by Gasteiger charge is -2.18. The number of amides is 3. The molecule has 10 nitrogen and oxygen atoms in total. The van der Waals surface area contributed by atoms with Crippen molar-refractivity contribution in [2.75, 3.05) is 12.4 Å². The molecule has 0 saturated carbocycles. The summed E-state index contributed by atoms with van der Waals surface area (Å²) in [6.45, 7) is 5.07. The van der Waals surface area contributed by atoms with E-state index >= 15 is 0 Å². The summed E-state index contributed by atoms with van der Waals surface area (Å²) in [4.78, 5) is 40.9. The topological polar surface area (TPSA) is 143 Å². The minimum Gasteiger partial charge on any atom is -0.476 e. The summed E-state index contributed by atoms with van der Waals surface area (Å²) in [6, 6.07) is -0.853. The van der Waals surface area contributed by atoms with Crippen molar-refractivity contribution in [1.82, 2.24) is 14.7 Å². The van der Waals surface area contributed by atoms with E-state index in [1.165, 1.54) is 7.05 Å². The van der Waals surface area contributed by atoms with E-state index in [-0.39, 0.29) is 11.0 Å². The van der Waals surface area contributed by atoms with Gasteiger partial charge < -0.3 is 15.2 Å². The number of rotatable bonds is 3. The minimum atomic E-state index is -1.47. The lowest BCUT2D eigenvalue weighted by molar-refractivity contribution is -0.129. The molecule has 3 amide bonds. The maximum Gasteiger partial charge on any atom is 0.414 e. The van der Waals surface area contributed by atoms with Crippen molar-refractivity contribution in [3.8, 4) is 0 Å². The van der Waals surface area contributed by atoms with Crippen LogP contribution >= 0.6 is 11.5 Å². The fourth-order valence-electron chi connectivity index (χ4n) is 1.11. The molecule has 0 aliphatic carbocycles. The highest BCUT2D eigenvalue weighted by molar-refractivity contribution is 7.10. The summed E-state index contributed by atoms with van der Waals surface area (Å²) in [7, 11) is 1.30. The summed E-state index contributed by atoms with van der Waals surface area (Å²) < 4.78 is 8.76. The van der Waals surface area contributed by atoms with Crippen LogP contribution in [0, 0.1) is 0 Å². The van der Waals surface area contributed by atoms with Crippen LogP contribution in [0.5, 0.6) is 0 Å². The molecule has 0 aliphatic heterocycles. The molecular weight excluding hydrogens is 314 g/mol. The zero-order valence-corrected chi connectivity index (χ0v) is 13.1. The van der Waals surface area contributed by atoms with Gasteiger partial charge >= 0.3 is 18.1 Å². The highest BCUT2D eigenvalue weighted by Crippen LogP contribution is 2.14. The van der Waals surface area contributed by atoms with E-state index in [4.69, 9.17) is 9.84 Å². The smallest absolute Gasteiger partial charge is 0.414 e. The molecule has 1 heterocycles. The van der Waals surface area contributed by atoms with E-state index in [1.54, 1.807) is 20.8 Å². The summed E-state index contributed by atoms with van der Waals surface area (Å²) in [5, 5.41) is 13.5. The second-order valence-electron chi connectivity index (χ2n) is 4.87. The van der Waals surface area contributed by atoms with E-state index in [9.17, 15) is 14.4 Å². The molecule has 0 aromatic carbocycles. The highest BCUT2D eigenvalue weighted by atomic mass is 32.1. The Balaban J connectivity index is 2.90. The highest BCUT2D eigenvalue weighted by Gasteiger charge is 2.22. The van der Waals surface area contributed by atoms with E-state index in [1.807, 2.05) is 0 Å². The number of anilines is 1. The van der Waals surface area contributed by atoms with Gasteiger partial charge in [-0.25, -0.2) is 14.4 Å². The van der Waals surface area contributed by atoms with Crippen molar-refractivity contribution in [3.63, 3.8) is 0 Å². The summed E-state index contributed by atoms with van der Waals surface area (Å²) >= 11 is 0.735. The zero-order valence-electron chi connectivity index (χ0n) is 12.3. The molecule has 0 bridgehead atoms. The molecule has 1 aromatic heterocycles. The van der Waals surface area contributed by atoms with Gasteiger partial charge in [-0.1, -0.05) is 0 Å². The number of carbonyl (C=O) groups is 3. The zero-order chi connectivity index (χ0) is 16.9. The second-order valence-corrected chi connectivity index (χ2v) is 5.62. The molecule has 1 rings (SSSR count). The van der Waals surface area contributed by atoms with Gasteiger partial charge in [-0.3, -0.25) is 5.32 Å². The monoisotopic (exact) mass is 329 g/mol. The van der Waals surface area contributed by atoms with Crippen molar-refractivity contribution in [3.05, 3.63) is 5.82 Å². The predicted molar refractivity (Wildman–Crippen MR) is 78.4 cm³/mol. The van der Waals surface area contributed by atoms with Crippen LogP contribution in [0.1, 0.15) is 26.6 Å². The average Bonchev–Trinajstić information content (AvgIpc) is 2.80. The quantitative estimate of drug-likeness (QED) is 0.704. The molecule has 0 spiro atoms. The van der Waals surface area contributed by atoms with Crippen LogP contribution in [0.4, 0.5) is 14.7 Å². The van der Waals surface area contributed by atoms with Gasteiger partial charge in [0.2, 0.25) is 11.0 Å². The van der Waals surface area contributed by atoms with Crippen LogP contribution in [-0.4, -0.2) is 50.9 Å². The van der Waals surface area contributed by atoms with Gasteiger partial charge in [-0.2, -0.15) is 14.3 Å². The molecule has 3 N–H and O–H groups in total. The van der Waals surface area contributed by atoms with Crippen LogP contribution in [-0.2, 0) is 9.53 Å². The van der Waals surface area contributed by atoms with E-state index in [2.05, 4.69) is 25.0 Å². The lowest BCUT2D eigenvalue weighted by Crippen LogP contribution is -2.27. The molecule has 120 valence electrons. The number of nitrogens with zero attached hydrogens (tertiary/aromatic N) is 3. The number of carbonyl (C=O) groups excluding carboxylic acids is 2. The molecule has 1 aromatic rings. The maximum atomic E-state index is 11.6. The van der Waals surface area contributed by atoms with Crippen LogP contribution in [0.2, 0.25) is 0 Å². The maximum absolute atomic E-state index is 11.6. The first kappa shape index (κ1) is 17.5. The molecule has 0 saturated heterocycles. The van der Waals surface area contributed by atoms with E-state index in [0.29, 0.717) is 0 Å². The van der Waals surface area contributed by atoms with E-state index in [0.717, 1.165) is 11.5 Å². The van der Waals surface area contributed by atoms with Gasteiger partial charge in [0, 0.05) is 18.6 Å². The fraction of sp³-hybridized carbons (Fsp3) is 0.455. The Kier molecular flexibility index (Phi) is 5.51. The number of carboxylic acid groups (broad SMARTS) is 1. The number of carboxylic acids is 1. The van der Waals surface area contributed by atoms with Gasteiger partial charge in [0.25, 0.3) is 0 Å². The van der Waals surface area contributed by atoms with E-state index < -0.39 is 29.4 Å². The fourth-order valence-corrected chi connectivity index (χ4v) is 1.67. The number of hydrogen-bond acceptors (Lipinski definition) is 7. The number of aliphatic carboxylic acids is 1. The molecule has 0 radical (unpaired) electrons. The molecule has 0 unspecified atom stereocenters. The van der Waals surface area contributed by atoms with Gasteiger partial charge in [0.1, 0.15) is 5.60 Å². The van der Waals surface area contributed by atoms with Crippen LogP contribution in [0.15, 0.2) is 4.99 Å². The van der Waals surface area contributed by atoms with Crippen LogP contribution in [0.25, 0.3) is 0 Å². The largest absolute Gasteiger partial charge is 0.476 e. The second kappa shape index (κ2) is 6.93. The standard InChI is InChI=1S/C11H15N5O5S/c1-11(2,3)21-10(20)15-9-14-6(16-22-9)5(7(17)18)13-8(19)12-4/h1-4H3,(H,12,19)(H,17,18)(H,14,15,16,20). The number of ether oxygens (including phenoxy) is 1. The lowest BCUT2D eigenvalue weighted by atomic mass is 10.2. The Bertz CT molecular complexity index is 619. The summed E-state index contributed by atoms with van der Waals surface area (Å²) in [6.07, 6.45) is -0.754. The van der Waals surface area contributed by atoms with Gasteiger partial charge in [-0.15, -0.1) is 0 Å². The van der Waals surface area contributed by atoms with Crippen molar-refractivity contribution in [2.24, 2.45) is 4.99 Å². The number of nitrogens with one attached hydrogen (secondary N) is 2. The minimum absolute atomic E-state index is 0.0232. The molecular formula is C11H15N5O5S. The normalized spacial score (nSPS) is 11.7. The Labute approximate surface area is 129 Å². The SMILES string of the molecule is CNC(=O)N=C(C(=O)O)c1nsc(NC(=O)OC(C)(C)C)n1. The molecule has 0 aliphatic rings. The Morgan fingerprint density at radius 1 is 1.32 bits per heavy atom. The third-order valence-electron chi connectivity index (χ3n) is 1.88. The summed E-state index contributed by atoms with van der Waals surface area (Å²) in [5.74, 6) is -1.75. The van der Waals surface area contributed by atoms with Crippen molar-refractivity contribution >= 4 is 40.5 Å². The predicted octanol–water partition coefficient (Wildman–Crippen LogP) is 1.10. The third-order valence-corrected chi connectivity index (χ3v) is 2.51. The molecule has 0 atom stereocenters. The van der Waals surface area contributed by atoms with Crippen molar-refractivity contribution in [1.29, 1.82) is 0 Å². The number of urea groups is 1. The van der Waals surface area contributed by atoms with Gasteiger partial charge in [0.05, 0.1) is 0 Å². The Morgan fingerprint density at radius 2 is 1.95 bits per heavy atom. The van der Waals surface area contributed by atoms with Gasteiger partial charge in [0.15, 0.2) is 5.71 Å². The number of aromatic nitrogens is 2. The summed E-state index contributed by atoms with van der Waals surface area (Å²) in [5.41, 5.74) is -1.32. The molecule has 0 fully saturated rings. The third kappa shape index (κ3) is 5.44. The Hall–Kier alpha value is -2.56. The Morgan fingerprint density at radius 3 is 2.45 bits per heavy atom. The molecule has 22 heavy (non-hydrogen) atoms. The van der Waals surface area contributed by atoms with Crippen molar-refractivity contribution in [2.45, 2.75) is 26.4 Å². The average molecular weight is 329 g/mol. The van der Waals surface area contributed by atoms with Crippen LogP contribution < -0.4 is 10.6 Å². The first-order valence-corrected chi connectivity index (χ1v) is 6.77. The number of aliphatic imine (C=N–C) groups is 1. The van der Waals surface area contributed by atoms with Crippen LogP contribution in [0.3, 0.4) is 0 Å². The number of hydrogen-bond donors (Lipinski definition) is 3. The molecule has 11 heteroatoms. The van der Waals surface area contributed by atoms with Crippen molar-refractivity contribution < 1.29 is 24.2 Å². The first-order valence-electron chi connectivity index (χ1n) is 6.00. The first-order chi connectivity index (χ1) is 10.1.